The lowest BCUT2D eigenvalue weighted by atomic mass is 10.1. The Bertz CT molecular complexity index is 1080. The van der Waals surface area contributed by atoms with Crippen molar-refractivity contribution in [3.8, 4) is 0 Å². The number of amides is 1. The summed E-state index contributed by atoms with van der Waals surface area (Å²) in [5, 5.41) is 3.29. The van der Waals surface area contributed by atoms with E-state index in [1.807, 2.05) is 6.92 Å². The zero-order valence-electron chi connectivity index (χ0n) is 14.5. The number of fused-ring (bicyclic) bond motifs is 1. The second-order valence-corrected chi connectivity index (χ2v) is 6.31. The van der Waals surface area contributed by atoms with Gasteiger partial charge in [0.1, 0.15) is 11.4 Å². The molecule has 2 heterocycles. The van der Waals surface area contributed by atoms with Gasteiger partial charge in [-0.1, -0.05) is 23.2 Å². The van der Waals surface area contributed by atoms with Crippen molar-refractivity contribution in [1.82, 2.24) is 4.98 Å². The van der Waals surface area contributed by atoms with Gasteiger partial charge in [0.15, 0.2) is 11.5 Å². The summed E-state index contributed by atoms with van der Waals surface area (Å²) in [6, 6.07) is 9.16. The van der Waals surface area contributed by atoms with Gasteiger partial charge in [-0.05, 0) is 38.1 Å². The number of hydrogen-bond acceptors (Lipinski definition) is 6. The van der Waals surface area contributed by atoms with Crippen molar-refractivity contribution in [3.63, 3.8) is 0 Å². The zero-order chi connectivity index (χ0) is 19.6. The van der Waals surface area contributed by atoms with E-state index < -0.39 is 18.0 Å². The van der Waals surface area contributed by atoms with Crippen LogP contribution in [0.2, 0.25) is 5.02 Å². The van der Waals surface area contributed by atoms with Crippen LogP contribution in [0.5, 0.6) is 0 Å². The van der Waals surface area contributed by atoms with Gasteiger partial charge in [0.05, 0.1) is 10.4 Å². The average molecular weight is 387 g/mol. The van der Waals surface area contributed by atoms with E-state index in [1.165, 1.54) is 19.2 Å². The molecule has 1 aromatic carbocycles. The van der Waals surface area contributed by atoms with E-state index in [2.05, 4.69) is 10.3 Å². The molecule has 0 spiro atoms. The van der Waals surface area contributed by atoms with Crippen molar-refractivity contribution in [2.45, 2.75) is 20.0 Å². The number of pyridine rings is 1. The van der Waals surface area contributed by atoms with Gasteiger partial charge in [-0.15, -0.1) is 0 Å². The van der Waals surface area contributed by atoms with Crippen molar-refractivity contribution in [2.75, 3.05) is 5.32 Å². The zero-order valence-corrected chi connectivity index (χ0v) is 15.2. The maximum Gasteiger partial charge on any atom is 0.375 e. The highest BCUT2D eigenvalue weighted by Gasteiger charge is 2.22. The standard InChI is InChI=1S/C19H15ClN2O5/c1-10-3-5-15-13(7-10)14(23)8-16(27-15)19(25)26-11(2)18(24)22-17-6-4-12(20)9-21-17/h3-9,11H,1-2H3,(H,21,22,24)/t11-/m0/s1. The Morgan fingerprint density at radius 3 is 2.70 bits per heavy atom. The first-order chi connectivity index (χ1) is 12.8. The third-order valence-electron chi connectivity index (χ3n) is 3.72. The van der Waals surface area contributed by atoms with Crippen molar-refractivity contribution in [2.24, 2.45) is 0 Å². The molecule has 0 aliphatic heterocycles. The molecule has 3 aromatic rings. The average Bonchev–Trinajstić information content (AvgIpc) is 2.63. The molecule has 0 aliphatic rings. The molecule has 0 fully saturated rings. The monoisotopic (exact) mass is 386 g/mol. The van der Waals surface area contributed by atoms with Crippen LogP contribution in [0.4, 0.5) is 5.82 Å². The summed E-state index contributed by atoms with van der Waals surface area (Å²) in [6.45, 7) is 3.24. The molecule has 3 rings (SSSR count). The summed E-state index contributed by atoms with van der Waals surface area (Å²) in [5.74, 6) is -1.52. The molecule has 0 aliphatic carbocycles. The lowest BCUT2D eigenvalue weighted by molar-refractivity contribution is -0.123. The van der Waals surface area contributed by atoms with E-state index in [4.69, 9.17) is 20.8 Å². The molecule has 138 valence electrons. The van der Waals surface area contributed by atoms with E-state index in [-0.39, 0.29) is 22.6 Å². The van der Waals surface area contributed by atoms with E-state index in [0.717, 1.165) is 11.6 Å². The molecule has 2 aromatic heterocycles. The van der Waals surface area contributed by atoms with E-state index >= 15 is 0 Å². The topological polar surface area (TPSA) is 98.5 Å². The fraction of sp³-hybridized carbons (Fsp3) is 0.158. The maximum absolute atomic E-state index is 12.3. The maximum atomic E-state index is 12.3. The number of carbonyl (C=O) groups is 2. The van der Waals surface area contributed by atoms with Crippen molar-refractivity contribution < 1.29 is 18.7 Å². The molecule has 1 N–H and O–H groups in total. The number of carbonyl (C=O) groups excluding carboxylic acids is 2. The Kier molecular flexibility index (Phi) is 5.23. The summed E-state index contributed by atoms with van der Waals surface area (Å²) in [4.78, 5) is 40.5. The van der Waals surface area contributed by atoms with Crippen molar-refractivity contribution in [3.05, 3.63) is 69.2 Å². The number of hydrogen-bond donors (Lipinski definition) is 1. The highest BCUT2D eigenvalue weighted by molar-refractivity contribution is 6.30. The number of aryl methyl sites for hydroxylation is 1. The molecule has 8 heteroatoms. The Balaban J connectivity index is 1.73. The number of aromatic nitrogens is 1. The van der Waals surface area contributed by atoms with Crippen LogP contribution in [0.25, 0.3) is 11.0 Å². The summed E-state index contributed by atoms with van der Waals surface area (Å²) in [5.41, 5.74) is 0.795. The largest absolute Gasteiger partial charge is 0.449 e. The van der Waals surface area contributed by atoms with Crippen LogP contribution in [0, 0.1) is 6.92 Å². The lowest BCUT2D eigenvalue weighted by Gasteiger charge is -2.13. The van der Waals surface area contributed by atoms with Gasteiger partial charge in [-0.2, -0.15) is 0 Å². The third-order valence-corrected chi connectivity index (χ3v) is 3.94. The highest BCUT2D eigenvalue weighted by Crippen LogP contribution is 2.16. The number of nitrogens with one attached hydrogen (secondary N) is 1. The molecule has 0 unspecified atom stereocenters. The van der Waals surface area contributed by atoms with E-state index in [1.54, 1.807) is 24.3 Å². The molecule has 1 atom stereocenters. The van der Waals surface area contributed by atoms with Gasteiger partial charge in [0, 0.05) is 12.3 Å². The van der Waals surface area contributed by atoms with Crippen LogP contribution in [-0.4, -0.2) is 23.0 Å². The number of anilines is 1. The Labute approximate surface area is 158 Å². The molecule has 0 bridgehead atoms. The van der Waals surface area contributed by atoms with E-state index in [0.29, 0.717) is 10.4 Å². The summed E-state index contributed by atoms with van der Waals surface area (Å²) in [6.07, 6.45) is 0.244. The van der Waals surface area contributed by atoms with Crippen LogP contribution < -0.4 is 10.7 Å². The predicted octanol–water partition coefficient (Wildman–Crippen LogP) is 3.33. The molecule has 27 heavy (non-hydrogen) atoms. The number of rotatable bonds is 4. The minimum atomic E-state index is -1.13. The summed E-state index contributed by atoms with van der Waals surface area (Å²) in [7, 11) is 0. The molecular formula is C19H15ClN2O5. The van der Waals surface area contributed by atoms with Gasteiger partial charge >= 0.3 is 5.97 Å². The smallest absolute Gasteiger partial charge is 0.375 e. The van der Waals surface area contributed by atoms with Crippen LogP contribution in [-0.2, 0) is 9.53 Å². The normalized spacial score (nSPS) is 11.8. The summed E-state index contributed by atoms with van der Waals surface area (Å²) >= 11 is 5.73. The molecule has 7 nitrogen and oxygen atoms in total. The first-order valence-corrected chi connectivity index (χ1v) is 8.39. The molecular weight excluding hydrogens is 372 g/mol. The third kappa shape index (κ3) is 4.32. The van der Waals surface area contributed by atoms with Crippen LogP contribution in [0.3, 0.4) is 0 Å². The fourth-order valence-corrected chi connectivity index (χ4v) is 2.43. The first-order valence-electron chi connectivity index (χ1n) is 8.01. The Hall–Kier alpha value is -3.19. The second-order valence-electron chi connectivity index (χ2n) is 5.87. The van der Waals surface area contributed by atoms with Gasteiger partial charge in [0.25, 0.3) is 5.91 Å². The lowest BCUT2D eigenvalue weighted by Crippen LogP contribution is -2.30. The number of nitrogens with zero attached hydrogens (tertiary/aromatic N) is 1. The SMILES string of the molecule is Cc1ccc2oc(C(=O)O[C@@H](C)C(=O)Nc3ccc(Cl)cn3)cc(=O)c2c1. The van der Waals surface area contributed by atoms with Crippen LogP contribution >= 0.6 is 11.6 Å². The molecule has 0 radical (unpaired) electrons. The molecule has 1 amide bonds. The van der Waals surface area contributed by atoms with Gasteiger partial charge in [-0.25, -0.2) is 9.78 Å². The highest BCUT2D eigenvalue weighted by atomic mass is 35.5. The number of esters is 1. The van der Waals surface area contributed by atoms with Crippen LogP contribution in [0.1, 0.15) is 23.0 Å². The van der Waals surface area contributed by atoms with Crippen molar-refractivity contribution >= 4 is 40.3 Å². The number of ether oxygens (including phenoxy) is 1. The fourth-order valence-electron chi connectivity index (χ4n) is 2.32. The number of halogens is 1. The number of benzene rings is 1. The minimum absolute atomic E-state index is 0.264. The molecule has 0 saturated carbocycles. The molecule has 0 saturated heterocycles. The van der Waals surface area contributed by atoms with Crippen molar-refractivity contribution in [1.29, 1.82) is 0 Å². The van der Waals surface area contributed by atoms with Crippen LogP contribution in [0.15, 0.2) is 51.8 Å². The predicted molar refractivity (Wildman–Crippen MR) is 100.0 cm³/mol. The minimum Gasteiger partial charge on any atom is -0.449 e. The van der Waals surface area contributed by atoms with Gasteiger partial charge in [-0.3, -0.25) is 9.59 Å². The second kappa shape index (κ2) is 7.59. The van der Waals surface area contributed by atoms with E-state index in [9.17, 15) is 14.4 Å². The summed E-state index contributed by atoms with van der Waals surface area (Å²) < 4.78 is 10.5. The van der Waals surface area contributed by atoms with Gasteiger partial charge < -0.3 is 14.5 Å². The first kappa shape index (κ1) is 18.6. The quantitative estimate of drug-likeness (QED) is 0.690. The van der Waals surface area contributed by atoms with Gasteiger partial charge in [0.2, 0.25) is 5.76 Å². The Morgan fingerprint density at radius 2 is 2.00 bits per heavy atom. The Morgan fingerprint density at radius 1 is 1.22 bits per heavy atom.